The van der Waals surface area contributed by atoms with E-state index in [4.69, 9.17) is 4.74 Å². The van der Waals surface area contributed by atoms with E-state index in [0.717, 1.165) is 39.3 Å². The van der Waals surface area contributed by atoms with Gasteiger partial charge in [0.15, 0.2) is 5.78 Å². The number of amides is 1. The van der Waals surface area contributed by atoms with Gasteiger partial charge in [-0.1, -0.05) is 53.3 Å². The highest BCUT2D eigenvalue weighted by molar-refractivity contribution is 7.23. The minimum absolute atomic E-state index is 0.0673. The van der Waals surface area contributed by atoms with Crippen molar-refractivity contribution in [1.82, 2.24) is 9.47 Å². The van der Waals surface area contributed by atoms with Crippen LogP contribution in [0.15, 0.2) is 71.5 Å². The topological polar surface area (TPSA) is 80.6 Å². The van der Waals surface area contributed by atoms with Crippen molar-refractivity contribution in [2.24, 2.45) is 0 Å². The number of rotatable bonds is 5. The molecule has 1 amide bonds. The Hall–Kier alpha value is -3.91. The largest absolute Gasteiger partial charge is 0.444 e. The lowest BCUT2D eigenvalue weighted by Crippen LogP contribution is -2.44. The Kier molecular flexibility index (Phi) is 7.32. The number of fused-ring (bicyclic) bond motifs is 1. The lowest BCUT2D eigenvalue weighted by atomic mass is 10.00. The zero-order valence-electron chi connectivity index (χ0n) is 22.7. The summed E-state index contributed by atoms with van der Waals surface area (Å²) in [7, 11) is 0. The molecular weight excluding hydrogens is 510 g/mol. The van der Waals surface area contributed by atoms with E-state index in [0.29, 0.717) is 24.2 Å². The van der Waals surface area contributed by atoms with E-state index in [1.807, 2.05) is 82.3 Å². The van der Waals surface area contributed by atoms with Crippen LogP contribution >= 0.6 is 11.3 Å². The van der Waals surface area contributed by atoms with Gasteiger partial charge in [0.05, 0.1) is 11.3 Å². The van der Waals surface area contributed by atoms with Gasteiger partial charge in [-0.15, -0.1) is 0 Å². The third kappa shape index (κ3) is 5.76. The highest BCUT2D eigenvalue weighted by atomic mass is 32.1. The molecule has 0 atom stereocenters. The predicted octanol–water partition coefficient (Wildman–Crippen LogP) is 6.40. The summed E-state index contributed by atoms with van der Waals surface area (Å²) in [5.41, 5.74) is 2.24. The molecule has 8 heteroatoms. The summed E-state index contributed by atoms with van der Waals surface area (Å²) in [5.74, 6) is -0.0862. The molecule has 7 nitrogen and oxygen atoms in total. The second kappa shape index (κ2) is 10.7. The molecule has 3 heterocycles. The number of likely N-dealkylation sites (tertiary alicyclic amines) is 1. The Bertz CT molecular complexity index is 1580. The van der Waals surface area contributed by atoms with Gasteiger partial charge < -0.3 is 15.0 Å². The number of aromatic nitrogens is 1. The summed E-state index contributed by atoms with van der Waals surface area (Å²) in [6.07, 6.45) is 1.14. The second-order valence-corrected chi connectivity index (χ2v) is 12.0. The first-order chi connectivity index (χ1) is 18.6. The van der Waals surface area contributed by atoms with Crippen molar-refractivity contribution in [2.45, 2.75) is 52.2 Å². The molecule has 1 aliphatic rings. The van der Waals surface area contributed by atoms with E-state index >= 15 is 0 Å². The van der Waals surface area contributed by atoms with E-state index in [2.05, 4.69) is 5.32 Å². The van der Waals surface area contributed by atoms with Crippen LogP contribution in [0.2, 0.25) is 0 Å². The van der Waals surface area contributed by atoms with Crippen molar-refractivity contribution in [1.29, 1.82) is 0 Å². The van der Waals surface area contributed by atoms with Gasteiger partial charge in [0, 0.05) is 36.1 Å². The van der Waals surface area contributed by atoms with E-state index in [9.17, 15) is 14.4 Å². The molecular formula is C31H33N3O4S. The Balaban J connectivity index is 1.52. The van der Waals surface area contributed by atoms with Gasteiger partial charge in [0.1, 0.15) is 15.4 Å². The number of ketones is 1. The number of nitrogens with one attached hydrogen (secondary N) is 1. The van der Waals surface area contributed by atoms with Crippen LogP contribution in [-0.2, 0) is 4.74 Å². The molecule has 39 heavy (non-hydrogen) atoms. The average molecular weight is 544 g/mol. The number of carbonyl (C=O) groups is 2. The number of thiophene rings is 1. The molecule has 2 aromatic carbocycles. The van der Waals surface area contributed by atoms with Crippen LogP contribution in [0.4, 0.5) is 9.80 Å². The van der Waals surface area contributed by atoms with Gasteiger partial charge >= 0.3 is 6.09 Å². The third-order valence-corrected chi connectivity index (χ3v) is 7.87. The number of nitrogens with zero attached hydrogens (tertiary/aromatic N) is 2. The molecule has 0 aliphatic carbocycles. The second-order valence-electron chi connectivity index (χ2n) is 11.0. The highest BCUT2D eigenvalue weighted by Gasteiger charge is 2.29. The summed E-state index contributed by atoms with van der Waals surface area (Å²) < 4.78 is 7.21. The third-order valence-electron chi connectivity index (χ3n) is 6.75. The number of para-hydroxylation sites is 1. The molecule has 0 spiro atoms. The van der Waals surface area contributed by atoms with Gasteiger partial charge in [-0.05, 0) is 64.8 Å². The van der Waals surface area contributed by atoms with Crippen LogP contribution < -0.4 is 10.9 Å². The summed E-state index contributed by atoms with van der Waals surface area (Å²) in [5, 5.41) is 5.09. The quantitative estimate of drug-likeness (QED) is 0.295. The Morgan fingerprint density at radius 1 is 0.974 bits per heavy atom. The molecule has 202 valence electrons. The number of pyridine rings is 1. The van der Waals surface area contributed by atoms with Gasteiger partial charge in [-0.25, -0.2) is 4.79 Å². The highest BCUT2D eigenvalue weighted by Crippen LogP contribution is 2.38. The lowest BCUT2D eigenvalue weighted by molar-refractivity contribution is 0.0210. The maximum absolute atomic E-state index is 14.0. The van der Waals surface area contributed by atoms with Crippen molar-refractivity contribution in [3.05, 3.63) is 93.8 Å². The van der Waals surface area contributed by atoms with Crippen LogP contribution in [0, 0.1) is 6.92 Å². The van der Waals surface area contributed by atoms with Gasteiger partial charge in [-0.2, -0.15) is 0 Å². The first-order valence-corrected chi connectivity index (χ1v) is 14.0. The van der Waals surface area contributed by atoms with Crippen molar-refractivity contribution >= 4 is 38.4 Å². The summed E-state index contributed by atoms with van der Waals surface area (Å²) in [4.78, 5) is 42.0. The van der Waals surface area contributed by atoms with Crippen molar-refractivity contribution in [2.75, 3.05) is 18.4 Å². The van der Waals surface area contributed by atoms with E-state index < -0.39 is 5.60 Å². The number of anilines is 1. The standard InChI is InChI=1S/C31H33N3O4S/c1-20-9-8-10-21(19-20)27(36)26-24-13-14-25(35)34(23-11-6-5-7-12-23)29(24)39-28(26)32-22-15-17-33(18-16-22)30(37)38-31(2,3)4/h5-14,19,22,32H,15-18H2,1-4H3. The number of hydrogen-bond donors (Lipinski definition) is 1. The smallest absolute Gasteiger partial charge is 0.410 e. The van der Waals surface area contributed by atoms with Crippen molar-refractivity contribution in [3.63, 3.8) is 0 Å². The number of ether oxygens (including phenoxy) is 1. The SMILES string of the molecule is Cc1cccc(C(=O)c2c(NC3CCN(C(=O)OC(C)(C)C)CC3)sc3c2ccc(=O)n3-c2ccccc2)c1. The van der Waals surface area contributed by atoms with E-state index in [1.54, 1.807) is 15.5 Å². The summed E-state index contributed by atoms with van der Waals surface area (Å²) in [6, 6.07) is 20.4. The molecule has 1 saturated heterocycles. The van der Waals surface area contributed by atoms with Crippen molar-refractivity contribution < 1.29 is 14.3 Å². The Labute approximate surface area is 232 Å². The maximum atomic E-state index is 14.0. The number of piperidine rings is 1. The first-order valence-electron chi connectivity index (χ1n) is 13.2. The zero-order chi connectivity index (χ0) is 27.7. The molecule has 5 rings (SSSR count). The molecule has 1 fully saturated rings. The Morgan fingerprint density at radius 2 is 1.69 bits per heavy atom. The maximum Gasteiger partial charge on any atom is 0.410 e. The summed E-state index contributed by atoms with van der Waals surface area (Å²) >= 11 is 1.42. The van der Waals surface area contributed by atoms with Crippen LogP contribution in [0.1, 0.15) is 55.1 Å². The fourth-order valence-electron chi connectivity index (χ4n) is 4.88. The van der Waals surface area contributed by atoms with Gasteiger partial charge in [0.2, 0.25) is 0 Å². The normalized spacial score (nSPS) is 14.4. The zero-order valence-corrected chi connectivity index (χ0v) is 23.5. The molecule has 2 aromatic heterocycles. The molecule has 0 radical (unpaired) electrons. The Morgan fingerprint density at radius 3 is 2.36 bits per heavy atom. The molecule has 0 unspecified atom stereocenters. The number of hydrogen-bond acceptors (Lipinski definition) is 6. The van der Waals surface area contributed by atoms with E-state index in [-0.39, 0.29) is 23.5 Å². The number of benzene rings is 2. The van der Waals surface area contributed by atoms with Crippen LogP contribution in [0.25, 0.3) is 15.9 Å². The fraction of sp³-hybridized carbons (Fsp3) is 0.323. The number of aryl methyl sites for hydroxylation is 1. The molecule has 0 saturated carbocycles. The van der Waals surface area contributed by atoms with Crippen molar-refractivity contribution in [3.8, 4) is 5.69 Å². The van der Waals surface area contributed by atoms with Crippen LogP contribution in [-0.4, -0.2) is 46.1 Å². The molecule has 1 aliphatic heterocycles. The van der Waals surface area contributed by atoms with Gasteiger partial charge in [0.25, 0.3) is 5.56 Å². The van der Waals surface area contributed by atoms with E-state index in [1.165, 1.54) is 17.4 Å². The van der Waals surface area contributed by atoms with Crippen LogP contribution in [0.5, 0.6) is 0 Å². The predicted molar refractivity (Wildman–Crippen MR) is 156 cm³/mol. The first kappa shape index (κ1) is 26.7. The minimum Gasteiger partial charge on any atom is -0.444 e. The summed E-state index contributed by atoms with van der Waals surface area (Å²) in [6.45, 7) is 8.68. The lowest BCUT2D eigenvalue weighted by Gasteiger charge is -2.34. The van der Waals surface area contributed by atoms with Gasteiger partial charge in [-0.3, -0.25) is 14.2 Å². The molecule has 4 aromatic rings. The minimum atomic E-state index is -0.539. The number of carbonyl (C=O) groups excluding carboxylic acids is 2. The fourth-order valence-corrected chi connectivity index (χ4v) is 6.17. The molecule has 0 bridgehead atoms. The average Bonchev–Trinajstić information content (AvgIpc) is 3.25. The van der Waals surface area contributed by atoms with Crippen LogP contribution in [0.3, 0.4) is 0 Å². The monoisotopic (exact) mass is 543 g/mol. The molecule has 1 N–H and O–H groups in total.